The minimum Gasteiger partial charge on any atom is -0.497 e. The van der Waals surface area contributed by atoms with Gasteiger partial charge in [-0.25, -0.2) is 0 Å². The van der Waals surface area contributed by atoms with Crippen LogP contribution in [-0.4, -0.2) is 28.9 Å². The van der Waals surface area contributed by atoms with E-state index in [1.54, 1.807) is 18.9 Å². The molecule has 0 aliphatic carbocycles. The van der Waals surface area contributed by atoms with Crippen LogP contribution in [-0.2, 0) is 17.1 Å². The maximum atomic E-state index is 12.0. The van der Waals surface area contributed by atoms with Crippen LogP contribution in [0.25, 0.3) is 11.4 Å². The Hall–Kier alpha value is -2.80. The number of aromatic nitrogens is 2. The SMILES string of the molecule is COc1ccc(-c2noc(CNC(=O)CSCc3ccc(C)cc3)n2)cc1. The van der Waals surface area contributed by atoms with E-state index in [1.807, 2.05) is 24.3 Å². The summed E-state index contributed by atoms with van der Waals surface area (Å²) in [7, 11) is 1.61. The number of carbonyl (C=O) groups excluding carboxylic acids is 1. The largest absolute Gasteiger partial charge is 0.497 e. The van der Waals surface area contributed by atoms with Crippen LogP contribution in [0.5, 0.6) is 5.75 Å². The number of amides is 1. The summed E-state index contributed by atoms with van der Waals surface area (Å²) in [6, 6.07) is 15.7. The molecule has 0 saturated carbocycles. The standard InChI is InChI=1S/C20H21N3O3S/c1-14-3-5-15(6-4-14)12-27-13-18(24)21-11-19-22-20(23-26-19)16-7-9-17(25-2)10-8-16/h3-10H,11-13H2,1-2H3,(H,21,24). The van der Waals surface area contributed by atoms with Gasteiger partial charge in [0.25, 0.3) is 0 Å². The van der Waals surface area contributed by atoms with E-state index in [0.29, 0.717) is 17.5 Å². The van der Waals surface area contributed by atoms with Gasteiger partial charge in [0.05, 0.1) is 19.4 Å². The predicted octanol–water partition coefficient (Wildman–Crippen LogP) is 3.60. The van der Waals surface area contributed by atoms with Crippen molar-refractivity contribution >= 4 is 17.7 Å². The lowest BCUT2D eigenvalue weighted by Crippen LogP contribution is -2.24. The maximum absolute atomic E-state index is 12.0. The molecular formula is C20H21N3O3S. The average molecular weight is 383 g/mol. The Balaban J connectivity index is 1.43. The molecule has 27 heavy (non-hydrogen) atoms. The van der Waals surface area contributed by atoms with Gasteiger partial charge in [-0.3, -0.25) is 4.79 Å². The van der Waals surface area contributed by atoms with Crippen molar-refractivity contribution in [1.82, 2.24) is 15.5 Å². The molecule has 140 valence electrons. The highest BCUT2D eigenvalue weighted by atomic mass is 32.2. The number of ether oxygens (including phenoxy) is 1. The minimum atomic E-state index is -0.0590. The highest BCUT2D eigenvalue weighted by Crippen LogP contribution is 2.19. The molecule has 3 rings (SSSR count). The first-order chi connectivity index (χ1) is 13.1. The van der Waals surface area contributed by atoms with Crippen LogP contribution in [0.4, 0.5) is 0 Å². The van der Waals surface area contributed by atoms with Gasteiger partial charge in [-0.05, 0) is 36.8 Å². The lowest BCUT2D eigenvalue weighted by atomic mass is 10.2. The number of rotatable bonds is 8. The second-order valence-electron chi connectivity index (χ2n) is 6.00. The fourth-order valence-electron chi connectivity index (χ4n) is 2.36. The van der Waals surface area contributed by atoms with Gasteiger partial charge in [0, 0.05) is 11.3 Å². The van der Waals surface area contributed by atoms with E-state index < -0.39 is 0 Å². The summed E-state index contributed by atoms with van der Waals surface area (Å²) >= 11 is 1.57. The second-order valence-corrected chi connectivity index (χ2v) is 6.98. The Morgan fingerprint density at radius 1 is 1.15 bits per heavy atom. The van der Waals surface area contributed by atoms with Gasteiger partial charge in [0.2, 0.25) is 17.6 Å². The summed E-state index contributed by atoms with van der Waals surface area (Å²) in [5.41, 5.74) is 3.26. The summed E-state index contributed by atoms with van der Waals surface area (Å²) in [5.74, 6) is 2.74. The Morgan fingerprint density at radius 2 is 1.89 bits per heavy atom. The molecule has 0 bridgehead atoms. The molecule has 7 heteroatoms. The third-order valence-electron chi connectivity index (χ3n) is 3.88. The van der Waals surface area contributed by atoms with Crippen molar-refractivity contribution < 1.29 is 14.1 Å². The van der Waals surface area contributed by atoms with Gasteiger partial charge in [-0.15, -0.1) is 11.8 Å². The number of thioether (sulfide) groups is 1. The molecule has 0 saturated heterocycles. The van der Waals surface area contributed by atoms with Crippen molar-refractivity contribution in [3.05, 3.63) is 65.5 Å². The zero-order valence-corrected chi connectivity index (χ0v) is 16.1. The molecule has 1 N–H and O–H groups in total. The zero-order valence-electron chi connectivity index (χ0n) is 15.3. The van der Waals surface area contributed by atoms with Crippen molar-refractivity contribution in [3.8, 4) is 17.1 Å². The highest BCUT2D eigenvalue weighted by molar-refractivity contribution is 7.99. The van der Waals surface area contributed by atoms with Crippen molar-refractivity contribution in [2.45, 2.75) is 19.2 Å². The van der Waals surface area contributed by atoms with Gasteiger partial charge in [0.15, 0.2) is 0 Å². The first-order valence-electron chi connectivity index (χ1n) is 8.51. The number of hydrogen-bond acceptors (Lipinski definition) is 6. The monoisotopic (exact) mass is 383 g/mol. The minimum absolute atomic E-state index is 0.0590. The Kier molecular flexibility index (Phi) is 6.49. The van der Waals surface area contributed by atoms with E-state index in [1.165, 1.54) is 11.1 Å². The van der Waals surface area contributed by atoms with Gasteiger partial charge < -0.3 is 14.6 Å². The summed E-state index contributed by atoms with van der Waals surface area (Å²) in [4.78, 5) is 16.3. The quantitative estimate of drug-likeness (QED) is 0.640. The van der Waals surface area contributed by atoms with Crippen molar-refractivity contribution in [3.63, 3.8) is 0 Å². The van der Waals surface area contributed by atoms with Crippen LogP contribution in [0.3, 0.4) is 0 Å². The van der Waals surface area contributed by atoms with E-state index >= 15 is 0 Å². The molecule has 3 aromatic rings. The normalized spacial score (nSPS) is 10.6. The molecule has 0 spiro atoms. The Bertz CT molecular complexity index is 876. The van der Waals surface area contributed by atoms with Crippen molar-refractivity contribution in [2.75, 3.05) is 12.9 Å². The smallest absolute Gasteiger partial charge is 0.246 e. The van der Waals surface area contributed by atoms with Crippen LogP contribution in [0.15, 0.2) is 53.1 Å². The topological polar surface area (TPSA) is 77.3 Å². The molecule has 1 amide bonds. The number of benzene rings is 2. The summed E-state index contributed by atoms with van der Waals surface area (Å²) < 4.78 is 10.3. The third-order valence-corrected chi connectivity index (χ3v) is 4.88. The number of nitrogens with zero attached hydrogens (tertiary/aromatic N) is 2. The molecular weight excluding hydrogens is 362 g/mol. The lowest BCUT2D eigenvalue weighted by Gasteiger charge is -2.03. The molecule has 0 aliphatic heterocycles. The van der Waals surface area contributed by atoms with E-state index in [0.717, 1.165) is 17.1 Å². The van der Waals surface area contributed by atoms with E-state index in [2.05, 4.69) is 46.6 Å². The summed E-state index contributed by atoms with van der Waals surface area (Å²) in [5, 5.41) is 6.75. The molecule has 0 atom stereocenters. The predicted molar refractivity (Wildman–Crippen MR) is 105 cm³/mol. The van der Waals surface area contributed by atoms with E-state index in [9.17, 15) is 4.79 Å². The molecule has 0 unspecified atom stereocenters. The number of carbonyl (C=O) groups is 1. The van der Waals surface area contributed by atoms with Gasteiger partial charge in [-0.1, -0.05) is 35.0 Å². The van der Waals surface area contributed by atoms with Crippen LogP contribution in [0.2, 0.25) is 0 Å². The van der Waals surface area contributed by atoms with E-state index in [4.69, 9.17) is 9.26 Å². The Labute approximate surface area is 162 Å². The highest BCUT2D eigenvalue weighted by Gasteiger charge is 2.10. The van der Waals surface area contributed by atoms with Crippen molar-refractivity contribution in [2.24, 2.45) is 0 Å². The van der Waals surface area contributed by atoms with Gasteiger partial charge >= 0.3 is 0 Å². The Morgan fingerprint density at radius 3 is 2.59 bits per heavy atom. The molecule has 2 aromatic carbocycles. The first-order valence-corrected chi connectivity index (χ1v) is 9.66. The fourth-order valence-corrected chi connectivity index (χ4v) is 3.17. The molecule has 0 aliphatic rings. The van der Waals surface area contributed by atoms with Gasteiger partial charge in [-0.2, -0.15) is 4.98 Å². The molecule has 1 heterocycles. The number of nitrogens with one attached hydrogen (secondary N) is 1. The molecule has 1 aromatic heterocycles. The lowest BCUT2D eigenvalue weighted by molar-refractivity contribution is -0.118. The fraction of sp³-hybridized carbons (Fsp3) is 0.250. The first kappa shape index (κ1) is 19.0. The number of aryl methyl sites for hydroxylation is 1. The van der Waals surface area contributed by atoms with Crippen LogP contribution < -0.4 is 10.1 Å². The van der Waals surface area contributed by atoms with Crippen LogP contribution in [0, 0.1) is 6.92 Å². The molecule has 0 radical (unpaired) electrons. The summed E-state index contributed by atoms with van der Waals surface area (Å²) in [6.07, 6.45) is 0. The zero-order chi connectivity index (χ0) is 19.1. The number of hydrogen-bond donors (Lipinski definition) is 1. The van der Waals surface area contributed by atoms with E-state index in [-0.39, 0.29) is 12.5 Å². The van der Waals surface area contributed by atoms with Gasteiger partial charge in [0.1, 0.15) is 5.75 Å². The third kappa shape index (κ3) is 5.59. The van der Waals surface area contributed by atoms with Crippen molar-refractivity contribution in [1.29, 1.82) is 0 Å². The van der Waals surface area contributed by atoms with Crippen LogP contribution >= 0.6 is 11.8 Å². The summed E-state index contributed by atoms with van der Waals surface area (Å²) in [6.45, 7) is 2.27. The molecule has 0 fully saturated rings. The van der Waals surface area contributed by atoms with Crippen LogP contribution in [0.1, 0.15) is 17.0 Å². The number of methoxy groups -OCH3 is 1. The average Bonchev–Trinajstić information content (AvgIpc) is 3.17. The second kappa shape index (κ2) is 9.23. The molecule has 6 nitrogen and oxygen atoms in total. The maximum Gasteiger partial charge on any atom is 0.246 e.